The number of para-hydroxylation sites is 2. The summed E-state index contributed by atoms with van der Waals surface area (Å²) in [4.78, 5) is 34.2. The molecule has 2 aliphatic rings. The summed E-state index contributed by atoms with van der Waals surface area (Å²) in [5, 5.41) is 1.09. The summed E-state index contributed by atoms with van der Waals surface area (Å²) in [6.45, 7) is 2.81. The molecule has 0 bridgehead atoms. The molecule has 3 aromatic rings. The second-order valence-corrected chi connectivity index (χ2v) is 8.68. The topological polar surface area (TPSA) is 74.9 Å². The molecule has 1 N–H and O–H groups in total. The fourth-order valence-electron chi connectivity index (χ4n) is 5.31. The van der Waals surface area contributed by atoms with E-state index in [0.717, 1.165) is 40.6 Å². The molecule has 2 amide bonds. The highest BCUT2D eigenvalue weighted by Crippen LogP contribution is 2.46. The van der Waals surface area contributed by atoms with Crippen LogP contribution in [0.1, 0.15) is 42.6 Å². The number of unbranched alkanes of at least 4 members (excludes halogenated alkanes) is 1. The van der Waals surface area contributed by atoms with Crippen LogP contribution in [0.25, 0.3) is 10.9 Å². The van der Waals surface area contributed by atoms with E-state index in [1.165, 1.54) is 0 Å². The van der Waals surface area contributed by atoms with Crippen LogP contribution in [0.3, 0.4) is 0 Å². The van der Waals surface area contributed by atoms with E-state index in [4.69, 9.17) is 9.47 Å². The maximum absolute atomic E-state index is 13.6. The molecule has 7 heteroatoms. The highest BCUT2D eigenvalue weighted by atomic mass is 16.5. The molecule has 172 valence electrons. The number of piperazine rings is 1. The van der Waals surface area contributed by atoms with Gasteiger partial charge in [-0.3, -0.25) is 9.59 Å². The van der Waals surface area contributed by atoms with Gasteiger partial charge in [0.25, 0.3) is 0 Å². The molecule has 1 aromatic heterocycles. The number of aromatic nitrogens is 1. The summed E-state index contributed by atoms with van der Waals surface area (Å²) in [5.74, 6) is 1.14. The number of hydrogen-bond acceptors (Lipinski definition) is 4. The Morgan fingerprint density at radius 1 is 1.06 bits per heavy atom. The standard InChI is InChI=1S/C26H29N3O4/c1-4-5-13-28-15-22(30)29-20(26(28)31)14-18-16-9-6-7-11-19(16)27-23(18)24(29)17-10-8-12-21(32-2)25(17)33-3/h6-12,20,24,27H,4-5,13-15H2,1-3H3. The number of nitrogens with one attached hydrogen (secondary N) is 1. The predicted molar refractivity (Wildman–Crippen MR) is 126 cm³/mol. The Bertz CT molecular complexity index is 1220. The third-order valence-corrected chi connectivity index (χ3v) is 6.85. The van der Waals surface area contributed by atoms with Gasteiger partial charge in [-0.05, 0) is 24.1 Å². The number of benzene rings is 2. The summed E-state index contributed by atoms with van der Waals surface area (Å²) >= 11 is 0. The molecule has 0 saturated carbocycles. The van der Waals surface area contributed by atoms with E-state index in [0.29, 0.717) is 24.5 Å². The van der Waals surface area contributed by atoms with Crippen molar-refractivity contribution in [2.75, 3.05) is 27.3 Å². The number of aromatic amines is 1. The fraction of sp³-hybridized carbons (Fsp3) is 0.385. The van der Waals surface area contributed by atoms with Crippen molar-refractivity contribution in [3.63, 3.8) is 0 Å². The summed E-state index contributed by atoms with van der Waals surface area (Å²) < 4.78 is 11.3. The van der Waals surface area contributed by atoms with Gasteiger partial charge in [0.15, 0.2) is 11.5 Å². The molecule has 7 nitrogen and oxygen atoms in total. The largest absolute Gasteiger partial charge is 0.493 e. The monoisotopic (exact) mass is 447 g/mol. The number of carbonyl (C=O) groups is 2. The Hall–Kier alpha value is -3.48. The number of hydrogen-bond donors (Lipinski definition) is 1. The van der Waals surface area contributed by atoms with Crippen molar-refractivity contribution in [2.45, 2.75) is 38.3 Å². The molecule has 3 heterocycles. The summed E-state index contributed by atoms with van der Waals surface area (Å²) in [6, 6.07) is 12.8. The van der Waals surface area contributed by atoms with Crippen LogP contribution in [0.5, 0.6) is 11.5 Å². The van der Waals surface area contributed by atoms with Crippen molar-refractivity contribution in [2.24, 2.45) is 0 Å². The van der Waals surface area contributed by atoms with Gasteiger partial charge in [-0.2, -0.15) is 0 Å². The molecule has 2 unspecified atom stereocenters. The summed E-state index contributed by atoms with van der Waals surface area (Å²) in [7, 11) is 3.20. The van der Waals surface area contributed by atoms with Crippen LogP contribution in [-0.2, 0) is 16.0 Å². The van der Waals surface area contributed by atoms with E-state index in [1.807, 2.05) is 36.4 Å². The van der Waals surface area contributed by atoms with E-state index in [1.54, 1.807) is 24.0 Å². The SMILES string of the molecule is CCCCN1CC(=O)N2C(Cc3c([nH]c4ccccc34)C2c2cccc(OC)c2OC)C1=O. The van der Waals surface area contributed by atoms with Gasteiger partial charge in [0, 0.05) is 35.1 Å². The molecule has 33 heavy (non-hydrogen) atoms. The Balaban J connectivity index is 1.71. The summed E-state index contributed by atoms with van der Waals surface area (Å²) in [6.07, 6.45) is 2.36. The molecule has 1 saturated heterocycles. The van der Waals surface area contributed by atoms with Gasteiger partial charge in [0.2, 0.25) is 11.8 Å². The predicted octanol–water partition coefficient (Wildman–Crippen LogP) is 3.67. The van der Waals surface area contributed by atoms with Crippen LogP contribution in [0, 0.1) is 0 Å². The van der Waals surface area contributed by atoms with Gasteiger partial charge in [-0.1, -0.05) is 43.7 Å². The number of fused-ring (bicyclic) bond motifs is 4. The lowest BCUT2D eigenvalue weighted by molar-refractivity contribution is -0.158. The first-order chi connectivity index (χ1) is 16.1. The molecule has 0 spiro atoms. The average Bonchev–Trinajstić information content (AvgIpc) is 3.22. The number of H-pyrrole nitrogens is 1. The van der Waals surface area contributed by atoms with Crippen molar-refractivity contribution in [1.29, 1.82) is 0 Å². The van der Waals surface area contributed by atoms with E-state index in [-0.39, 0.29) is 18.4 Å². The first-order valence-electron chi connectivity index (χ1n) is 11.5. The molecule has 0 radical (unpaired) electrons. The van der Waals surface area contributed by atoms with Crippen molar-refractivity contribution in [3.8, 4) is 11.5 Å². The van der Waals surface area contributed by atoms with Crippen LogP contribution in [0.4, 0.5) is 0 Å². The third kappa shape index (κ3) is 3.34. The smallest absolute Gasteiger partial charge is 0.246 e. The number of amides is 2. The minimum Gasteiger partial charge on any atom is -0.493 e. The minimum absolute atomic E-state index is 0.0193. The fourth-order valence-corrected chi connectivity index (χ4v) is 5.31. The van der Waals surface area contributed by atoms with Crippen molar-refractivity contribution in [1.82, 2.24) is 14.8 Å². The molecule has 2 aliphatic heterocycles. The van der Waals surface area contributed by atoms with Gasteiger partial charge in [-0.15, -0.1) is 0 Å². The van der Waals surface area contributed by atoms with Crippen LogP contribution in [0.15, 0.2) is 42.5 Å². The zero-order valence-electron chi connectivity index (χ0n) is 19.3. The van der Waals surface area contributed by atoms with Crippen molar-refractivity contribution < 1.29 is 19.1 Å². The molecule has 2 aromatic carbocycles. The number of ether oxygens (including phenoxy) is 2. The van der Waals surface area contributed by atoms with Crippen molar-refractivity contribution >= 4 is 22.7 Å². The zero-order chi connectivity index (χ0) is 23.1. The highest BCUT2D eigenvalue weighted by Gasteiger charge is 2.48. The molecular formula is C26H29N3O4. The highest BCUT2D eigenvalue weighted by molar-refractivity contribution is 5.97. The lowest BCUT2D eigenvalue weighted by atomic mass is 9.85. The summed E-state index contributed by atoms with van der Waals surface area (Å²) in [5.41, 5.74) is 3.82. The molecule has 2 atom stereocenters. The van der Waals surface area contributed by atoms with E-state index < -0.39 is 12.1 Å². The number of carbonyl (C=O) groups excluding carboxylic acids is 2. The van der Waals surface area contributed by atoms with Crippen LogP contribution >= 0.6 is 0 Å². The van der Waals surface area contributed by atoms with E-state index in [2.05, 4.69) is 18.0 Å². The quantitative estimate of drug-likeness (QED) is 0.626. The Kier molecular flexibility index (Phi) is 5.48. The van der Waals surface area contributed by atoms with E-state index >= 15 is 0 Å². The van der Waals surface area contributed by atoms with Gasteiger partial charge < -0.3 is 24.3 Å². The first kappa shape index (κ1) is 21.4. The maximum Gasteiger partial charge on any atom is 0.246 e. The Morgan fingerprint density at radius 2 is 1.88 bits per heavy atom. The first-order valence-corrected chi connectivity index (χ1v) is 11.5. The van der Waals surface area contributed by atoms with Gasteiger partial charge >= 0.3 is 0 Å². The van der Waals surface area contributed by atoms with Gasteiger partial charge in [0.05, 0.1) is 20.8 Å². The minimum atomic E-state index is -0.546. The lowest BCUT2D eigenvalue weighted by Crippen LogP contribution is -2.63. The molecule has 0 aliphatic carbocycles. The van der Waals surface area contributed by atoms with E-state index in [9.17, 15) is 9.59 Å². The third-order valence-electron chi connectivity index (χ3n) is 6.85. The number of nitrogens with zero attached hydrogens (tertiary/aromatic N) is 2. The average molecular weight is 448 g/mol. The molecule has 5 rings (SSSR count). The Labute approximate surface area is 193 Å². The Morgan fingerprint density at radius 3 is 2.64 bits per heavy atom. The van der Waals surface area contributed by atoms with Crippen LogP contribution in [0.2, 0.25) is 0 Å². The van der Waals surface area contributed by atoms with Gasteiger partial charge in [-0.25, -0.2) is 0 Å². The number of rotatable bonds is 6. The molecule has 1 fully saturated rings. The maximum atomic E-state index is 13.6. The second-order valence-electron chi connectivity index (χ2n) is 8.68. The lowest BCUT2D eigenvalue weighted by Gasteiger charge is -2.47. The van der Waals surface area contributed by atoms with Crippen molar-refractivity contribution in [3.05, 3.63) is 59.3 Å². The van der Waals surface area contributed by atoms with Crippen LogP contribution in [-0.4, -0.2) is 59.9 Å². The van der Waals surface area contributed by atoms with Gasteiger partial charge in [0.1, 0.15) is 12.1 Å². The second kappa shape index (κ2) is 8.46. The zero-order valence-corrected chi connectivity index (χ0v) is 19.3. The molecular weight excluding hydrogens is 418 g/mol. The van der Waals surface area contributed by atoms with Crippen LogP contribution < -0.4 is 9.47 Å². The normalized spacial score (nSPS) is 20.1. The number of methoxy groups -OCH3 is 2.